The van der Waals surface area contributed by atoms with E-state index in [0.29, 0.717) is 12.5 Å². The van der Waals surface area contributed by atoms with Crippen molar-refractivity contribution in [2.75, 3.05) is 0 Å². The Morgan fingerprint density at radius 1 is 0.879 bits per heavy atom. The molecule has 0 radical (unpaired) electrons. The van der Waals surface area contributed by atoms with Crippen LogP contribution in [-0.2, 0) is 20.2 Å². The number of nitrogens with zero attached hydrogens (tertiary/aromatic N) is 3. The van der Waals surface area contributed by atoms with Crippen LogP contribution in [0.2, 0.25) is 0 Å². The Hall–Kier alpha value is -3.18. The molecule has 3 aromatic carbocycles. The highest BCUT2D eigenvalue weighted by atomic mass is 19.1. The molecule has 1 aliphatic carbocycles. The maximum atomic E-state index is 14.2. The molecule has 33 heavy (non-hydrogen) atoms. The standard InChI is InChI=1S/C28H30FN3O/c1-31-26-16-13-24(29)17-27(26)32(18-20-7-9-21(19-33)10-8-20)28(31)30-25-14-11-23(12-15-25)22-5-3-2-4-6-22/h7-17,22,33H,2-6,18-19H2,1H3. The normalized spacial score (nSPS) is 15.4. The van der Waals surface area contributed by atoms with E-state index in [-0.39, 0.29) is 12.4 Å². The Labute approximate surface area is 193 Å². The van der Waals surface area contributed by atoms with E-state index in [4.69, 9.17) is 4.99 Å². The maximum Gasteiger partial charge on any atom is 0.211 e. The highest BCUT2D eigenvalue weighted by molar-refractivity contribution is 5.76. The lowest BCUT2D eigenvalue weighted by atomic mass is 9.84. The lowest BCUT2D eigenvalue weighted by molar-refractivity contribution is 0.282. The second-order valence-corrected chi connectivity index (χ2v) is 9.09. The molecule has 1 N–H and O–H groups in total. The fourth-order valence-corrected chi connectivity index (χ4v) is 4.99. The molecule has 5 heteroatoms. The lowest BCUT2D eigenvalue weighted by Crippen LogP contribution is -2.24. The van der Waals surface area contributed by atoms with E-state index in [1.54, 1.807) is 12.1 Å². The van der Waals surface area contributed by atoms with Crippen LogP contribution in [0.4, 0.5) is 10.1 Å². The minimum absolute atomic E-state index is 0.0182. The summed E-state index contributed by atoms with van der Waals surface area (Å²) in [4.78, 5) is 4.99. The number of fused-ring (bicyclic) bond motifs is 1. The zero-order chi connectivity index (χ0) is 22.8. The van der Waals surface area contributed by atoms with Crippen LogP contribution in [0.5, 0.6) is 0 Å². The van der Waals surface area contributed by atoms with Crippen LogP contribution in [0, 0.1) is 5.82 Å². The van der Waals surface area contributed by atoms with E-state index < -0.39 is 0 Å². The number of benzene rings is 3. The van der Waals surface area contributed by atoms with Gasteiger partial charge in [0.05, 0.1) is 29.9 Å². The van der Waals surface area contributed by atoms with Crippen LogP contribution >= 0.6 is 0 Å². The van der Waals surface area contributed by atoms with Crippen molar-refractivity contribution in [2.45, 2.75) is 51.2 Å². The second-order valence-electron chi connectivity index (χ2n) is 9.09. The predicted molar refractivity (Wildman–Crippen MR) is 130 cm³/mol. The van der Waals surface area contributed by atoms with E-state index >= 15 is 0 Å². The number of hydrogen-bond donors (Lipinski definition) is 1. The van der Waals surface area contributed by atoms with Crippen molar-refractivity contribution >= 4 is 16.7 Å². The molecule has 1 saturated carbocycles. The number of hydrogen-bond acceptors (Lipinski definition) is 2. The van der Waals surface area contributed by atoms with E-state index in [2.05, 4.69) is 28.8 Å². The first-order chi connectivity index (χ1) is 16.1. The van der Waals surface area contributed by atoms with Gasteiger partial charge in [-0.3, -0.25) is 0 Å². The number of aliphatic hydroxyl groups excluding tert-OH is 1. The largest absolute Gasteiger partial charge is 0.392 e. The molecule has 0 atom stereocenters. The topological polar surface area (TPSA) is 42.5 Å². The number of halogens is 1. The van der Waals surface area contributed by atoms with Crippen molar-refractivity contribution in [3.63, 3.8) is 0 Å². The summed E-state index contributed by atoms with van der Waals surface area (Å²) in [5, 5.41) is 9.34. The van der Waals surface area contributed by atoms with Gasteiger partial charge < -0.3 is 14.2 Å². The molecule has 0 saturated heterocycles. The number of imidazole rings is 1. The summed E-state index contributed by atoms with van der Waals surface area (Å²) in [7, 11) is 1.97. The van der Waals surface area contributed by atoms with Crippen molar-refractivity contribution in [1.29, 1.82) is 0 Å². The summed E-state index contributed by atoms with van der Waals surface area (Å²) >= 11 is 0. The summed E-state index contributed by atoms with van der Waals surface area (Å²) in [6.07, 6.45) is 6.56. The van der Waals surface area contributed by atoms with Crippen LogP contribution in [0.25, 0.3) is 11.0 Å². The monoisotopic (exact) mass is 443 g/mol. The van der Waals surface area contributed by atoms with Crippen molar-refractivity contribution in [1.82, 2.24) is 9.13 Å². The highest BCUT2D eigenvalue weighted by Crippen LogP contribution is 2.33. The van der Waals surface area contributed by atoms with Crippen molar-refractivity contribution < 1.29 is 9.50 Å². The summed E-state index contributed by atoms with van der Waals surface area (Å²) in [6.45, 7) is 0.579. The Morgan fingerprint density at radius 2 is 1.58 bits per heavy atom. The number of rotatable bonds is 5. The van der Waals surface area contributed by atoms with Gasteiger partial charge >= 0.3 is 0 Å². The molecule has 0 spiro atoms. The molecule has 5 rings (SSSR count). The summed E-state index contributed by atoms with van der Waals surface area (Å²) in [5.41, 5.74) is 6.75. The third-order valence-corrected chi connectivity index (χ3v) is 6.88. The lowest BCUT2D eigenvalue weighted by Gasteiger charge is -2.21. The zero-order valence-corrected chi connectivity index (χ0v) is 19.0. The average molecular weight is 444 g/mol. The molecule has 0 aliphatic heterocycles. The van der Waals surface area contributed by atoms with Gasteiger partial charge in [-0.25, -0.2) is 9.38 Å². The Bertz CT molecular complexity index is 1310. The first kappa shape index (κ1) is 21.7. The Morgan fingerprint density at radius 3 is 2.27 bits per heavy atom. The van der Waals surface area contributed by atoms with Crippen molar-refractivity contribution in [2.24, 2.45) is 12.0 Å². The number of aliphatic hydroxyl groups is 1. The molecule has 1 fully saturated rings. The van der Waals surface area contributed by atoms with Crippen LogP contribution in [0.15, 0.2) is 71.7 Å². The van der Waals surface area contributed by atoms with Crippen LogP contribution in [-0.4, -0.2) is 14.2 Å². The van der Waals surface area contributed by atoms with E-state index in [0.717, 1.165) is 33.5 Å². The van der Waals surface area contributed by atoms with Crippen LogP contribution in [0.3, 0.4) is 0 Å². The molecule has 0 bridgehead atoms. The van der Waals surface area contributed by atoms with Gasteiger partial charge in [-0.1, -0.05) is 55.7 Å². The average Bonchev–Trinajstić information content (AvgIpc) is 3.10. The van der Waals surface area contributed by atoms with Crippen molar-refractivity contribution in [3.05, 3.63) is 94.9 Å². The van der Waals surface area contributed by atoms with E-state index in [1.165, 1.54) is 43.7 Å². The van der Waals surface area contributed by atoms with Gasteiger partial charge in [0.1, 0.15) is 5.82 Å². The van der Waals surface area contributed by atoms with Gasteiger partial charge in [0.25, 0.3) is 0 Å². The second kappa shape index (κ2) is 9.36. The first-order valence-electron chi connectivity index (χ1n) is 11.8. The fraction of sp³-hybridized carbons (Fsp3) is 0.321. The summed E-state index contributed by atoms with van der Waals surface area (Å²) < 4.78 is 18.2. The van der Waals surface area contributed by atoms with E-state index in [9.17, 15) is 9.50 Å². The molecule has 0 amide bonds. The minimum atomic E-state index is -0.263. The summed E-state index contributed by atoms with van der Waals surface area (Å²) in [6, 6.07) is 21.3. The smallest absolute Gasteiger partial charge is 0.211 e. The molecule has 0 unspecified atom stereocenters. The molecule has 170 valence electrons. The SMILES string of the molecule is Cn1c(=Nc2ccc(C3CCCCC3)cc2)n(Cc2ccc(CO)cc2)c2cc(F)ccc21. The molecule has 4 nitrogen and oxygen atoms in total. The minimum Gasteiger partial charge on any atom is -0.392 e. The molecule has 1 aliphatic rings. The number of aromatic nitrogens is 2. The van der Waals surface area contributed by atoms with Gasteiger partial charge in [0.2, 0.25) is 5.62 Å². The molecule has 1 aromatic heterocycles. The predicted octanol–water partition coefficient (Wildman–Crippen LogP) is 5.94. The van der Waals surface area contributed by atoms with Crippen molar-refractivity contribution in [3.8, 4) is 0 Å². The third-order valence-electron chi connectivity index (χ3n) is 6.88. The van der Waals surface area contributed by atoms with E-state index in [1.807, 2.05) is 35.9 Å². The molecule has 4 aromatic rings. The van der Waals surface area contributed by atoms with Gasteiger partial charge in [0.15, 0.2) is 0 Å². The van der Waals surface area contributed by atoms with Gasteiger partial charge in [0, 0.05) is 7.05 Å². The van der Waals surface area contributed by atoms with Gasteiger partial charge in [-0.15, -0.1) is 0 Å². The Balaban J connectivity index is 1.57. The third kappa shape index (κ3) is 4.51. The number of aryl methyl sites for hydroxylation is 1. The molecular weight excluding hydrogens is 413 g/mol. The van der Waals surface area contributed by atoms with Crippen LogP contribution in [0.1, 0.15) is 54.7 Å². The maximum absolute atomic E-state index is 14.2. The quantitative estimate of drug-likeness (QED) is 0.408. The molecule has 1 heterocycles. The van der Waals surface area contributed by atoms with Gasteiger partial charge in [-0.2, -0.15) is 0 Å². The first-order valence-corrected chi connectivity index (χ1v) is 11.8. The summed E-state index contributed by atoms with van der Waals surface area (Å²) in [5.74, 6) is 0.404. The fourth-order valence-electron chi connectivity index (χ4n) is 4.99. The zero-order valence-electron chi connectivity index (χ0n) is 19.0. The van der Waals surface area contributed by atoms with Gasteiger partial charge in [-0.05, 0) is 65.8 Å². The highest BCUT2D eigenvalue weighted by Gasteiger charge is 2.15. The Kier molecular flexibility index (Phi) is 6.14. The molecular formula is C28H30FN3O. The van der Waals surface area contributed by atoms with Crippen LogP contribution < -0.4 is 5.62 Å².